The van der Waals surface area contributed by atoms with Crippen LogP contribution >= 0.6 is 15.9 Å². The van der Waals surface area contributed by atoms with Gasteiger partial charge in [0.2, 0.25) is 15.9 Å². The lowest BCUT2D eigenvalue weighted by molar-refractivity contribution is -0.384. The van der Waals surface area contributed by atoms with E-state index >= 15 is 0 Å². The third kappa shape index (κ3) is 5.81. The first-order chi connectivity index (χ1) is 14.7. The number of non-ortho nitro benzene ring substituents is 1. The molecule has 1 aliphatic rings. The van der Waals surface area contributed by atoms with Crippen molar-refractivity contribution in [3.63, 3.8) is 0 Å². The number of amides is 1. The highest BCUT2D eigenvalue weighted by atomic mass is 79.9. The average Bonchev–Trinajstić information content (AvgIpc) is 2.75. The molecule has 1 aliphatic heterocycles. The number of nitro benzene ring substituents is 1. The molecule has 2 aromatic carbocycles. The van der Waals surface area contributed by atoms with Crippen LogP contribution < -0.4 is 10.1 Å². The third-order valence-corrected chi connectivity index (χ3v) is 7.51. The van der Waals surface area contributed by atoms with Gasteiger partial charge in [-0.25, -0.2) is 12.7 Å². The van der Waals surface area contributed by atoms with E-state index in [1.807, 2.05) is 0 Å². The normalized spacial score (nSPS) is 15.4. The molecule has 0 spiro atoms. The van der Waals surface area contributed by atoms with Crippen LogP contribution in [-0.2, 0) is 20.6 Å². The summed E-state index contributed by atoms with van der Waals surface area (Å²) in [6.07, 6.45) is 0.727. The topological polar surface area (TPSA) is 119 Å². The molecule has 0 aromatic heterocycles. The van der Waals surface area contributed by atoms with Gasteiger partial charge in [0.25, 0.3) is 5.69 Å². The Hall–Kier alpha value is -2.50. The summed E-state index contributed by atoms with van der Waals surface area (Å²) >= 11 is 3.33. The predicted molar refractivity (Wildman–Crippen MR) is 119 cm³/mol. The first-order valence-electron chi connectivity index (χ1n) is 9.55. The number of hydrogen-bond acceptors (Lipinski definition) is 6. The van der Waals surface area contributed by atoms with Crippen molar-refractivity contribution in [1.29, 1.82) is 0 Å². The molecular formula is C20H22BrN3O6S. The molecule has 166 valence electrons. The van der Waals surface area contributed by atoms with E-state index in [9.17, 15) is 23.3 Å². The molecule has 0 radical (unpaired) electrons. The van der Waals surface area contributed by atoms with Crippen molar-refractivity contribution in [1.82, 2.24) is 4.31 Å². The highest BCUT2D eigenvalue weighted by Crippen LogP contribution is 2.30. The molecule has 1 amide bonds. The van der Waals surface area contributed by atoms with Crippen molar-refractivity contribution in [2.24, 2.45) is 5.92 Å². The number of ether oxygens (including phenoxy) is 1. The molecule has 1 N–H and O–H groups in total. The lowest BCUT2D eigenvalue weighted by atomic mass is 9.97. The Balaban J connectivity index is 1.61. The molecule has 1 heterocycles. The molecule has 11 heteroatoms. The Kier molecular flexibility index (Phi) is 7.29. The minimum absolute atomic E-state index is 0.0952. The van der Waals surface area contributed by atoms with Crippen molar-refractivity contribution >= 4 is 43.2 Å². The van der Waals surface area contributed by atoms with Crippen LogP contribution in [0.2, 0.25) is 0 Å². The molecule has 31 heavy (non-hydrogen) atoms. The first kappa shape index (κ1) is 23.2. The van der Waals surface area contributed by atoms with E-state index in [4.69, 9.17) is 4.74 Å². The van der Waals surface area contributed by atoms with E-state index in [1.165, 1.54) is 29.6 Å². The Labute approximate surface area is 188 Å². The summed E-state index contributed by atoms with van der Waals surface area (Å²) in [5.74, 6) is -0.498. The number of hydrogen-bond donors (Lipinski definition) is 1. The monoisotopic (exact) mass is 511 g/mol. The van der Waals surface area contributed by atoms with Gasteiger partial charge < -0.3 is 10.1 Å². The smallest absolute Gasteiger partial charge is 0.271 e. The predicted octanol–water partition coefficient (Wildman–Crippen LogP) is 3.55. The number of nitro groups is 1. The summed E-state index contributed by atoms with van der Waals surface area (Å²) in [4.78, 5) is 23.1. The summed E-state index contributed by atoms with van der Waals surface area (Å²) in [6, 6.07) is 11.1. The summed E-state index contributed by atoms with van der Waals surface area (Å²) < 4.78 is 32.9. The number of sulfonamides is 1. The van der Waals surface area contributed by atoms with E-state index < -0.39 is 20.9 Å². The number of carbonyl (C=O) groups excluding carboxylic acids is 1. The van der Waals surface area contributed by atoms with Crippen molar-refractivity contribution < 1.29 is 22.9 Å². The Bertz CT molecular complexity index is 1070. The van der Waals surface area contributed by atoms with Crippen molar-refractivity contribution in [2.75, 3.05) is 25.5 Å². The maximum absolute atomic E-state index is 12.7. The van der Waals surface area contributed by atoms with Crippen LogP contribution in [0.1, 0.15) is 18.4 Å². The number of piperidine rings is 1. The maximum atomic E-state index is 12.7. The largest absolute Gasteiger partial charge is 0.495 e. The van der Waals surface area contributed by atoms with Gasteiger partial charge in [-0.3, -0.25) is 14.9 Å². The zero-order valence-electron chi connectivity index (χ0n) is 16.8. The highest BCUT2D eigenvalue weighted by Gasteiger charge is 2.31. The highest BCUT2D eigenvalue weighted by molar-refractivity contribution is 9.10. The molecule has 0 aliphatic carbocycles. The maximum Gasteiger partial charge on any atom is 0.271 e. The molecule has 0 unspecified atom stereocenters. The third-order valence-electron chi connectivity index (χ3n) is 5.13. The lowest BCUT2D eigenvalue weighted by Crippen LogP contribution is -2.41. The van der Waals surface area contributed by atoms with E-state index in [0.717, 1.165) is 4.47 Å². The molecule has 9 nitrogen and oxygen atoms in total. The van der Waals surface area contributed by atoms with E-state index in [2.05, 4.69) is 21.2 Å². The van der Waals surface area contributed by atoms with Crippen LogP contribution in [0.5, 0.6) is 5.75 Å². The van der Waals surface area contributed by atoms with E-state index in [1.54, 1.807) is 24.3 Å². The quantitative estimate of drug-likeness (QED) is 0.448. The molecule has 3 rings (SSSR count). The van der Waals surface area contributed by atoms with Crippen LogP contribution in [0.15, 0.2) is 46.9 Å². The number of halogens is 1. The number of methoxy groups -OCH3 is 1. The lowest BCUT2D eigenvalue weighted by Gasteiger charge is -2.30. The van der Waals surface area contributed by atoms with Crippen LogP contribution in [0.4, 0.5) is 11.4 Å². The molecule has 1 saturated heterocycles. The molecule has 0 saturated carbocycles. The van der Waals surface area contributed by atoms with Gasteiger partial charge in [-0.15, -0.1) is 0 Å². The van der Waals surface area contributed by atoms with Gasteiger partial charge >= 0.3 is 0 Å². The van der Waals surface area contributed by atoms with Gasteiger partial charge in [0.1, 0.15) is 5.75 Å². The van der Waals surface area contributed by atoms with Crippen molar-refractivity contribution in [3.8, 4) is 5.75 Å². The van der Waals surface area contributed by atoms with Gasteiger partial charge in [0.05, 0.1) is 23.5 Å². The van der Waals surface area contributed by atoms with Crippen LogP contribution in [0, 0.1) is 16.0 Å². The van der Waals surface area contributed by atoms with Crippen LogP contribution in [0.25, 0.3) is 0 Å². The summed E-state index contributed by atoms with van der Waals surface area (Å²) in [5, 5.41) is 13.7. The number of carbonyl (C=O) groups is 1. The van der Waals surface area contributed by atoms with Crippen LogP contribution in [0.3, 0.4) is 0 Å². The average molecular weight is 512 g/mol. The second-order valence-corrected chi connectivity index (χ2v) is 10.1. The van der Waals surface area contributed by atoms with Gasteiger partial charge in [-0.05, 0) is 36.6 Å². The summed E-state index contributed by atoms with van der Waals surface area (Å²) in [5.41, 5.74) is 0.748. The fourth-order valence-corrected chi connectivity index (χ4v) is 5.25. The molecule has 0 atom stereocenters. The number of anilines is 1. The van der Waals surface area contributed by atoms with Gasteiger partial charge in [0.15, 0.2) is 0 Å². The fraction of sp³-hybridized carbons (Fsp3) is 0.350. The summed E-state index contributed by atoms with van der Waals surface area (Å²) in [7, 11) is -2.08. The van der Waals surface area contributed by atoms with Gasteiger partial charge in [-0.1, -0.05) is 28.1 Å². The number of benzene rings is 2. The van der Waals surface area contributed by atoms with Gasteiger partial charge in [0, 0.05) is 35.6 Å². The standard InChI is InChI=1S/C20H22BrN3O6S/c1-30-19-7-6-17(24(26)27)12-18(19)22-20(25)15-8-10-23(11-9-15)31(28,29)13-14-2-4-16(21)5-3-14/h2-7,12,15H,8-11,13H2,1H3,(H,22,25). The minimum atomic E-state index is -3.49. The Morgan fingerprint density at radius 3 is 2.45 bits per heavy atom. The first-order valence-corrected chi connectivity index (χ1v) is 12.0. The van der Waals surface area contributed by atoms with Crippen molar-refractivity contribution in [3.05, 3.63) is 62.6 Å². The molecular weight excluding hydrogens is 490 g/mol. The SMILES string of the molecule is COc1ccc([N+](=O)[O-])cc1NC(=O)C1CCN(S(=O)(=O)Cc2ccc(Br)cc2)CC1. The van der Waals surface area contributed by atoms with Gasteiger partial charge in [-0.2, -0.15) is 0 Å². The Morgan fingerprint density at radius 2 is 1.87 bits per heavy atom. The number of nitrogens with zero attached hydrogens (tertiary/aromatic N) is 2. The zero-order chi connectivity index (χ0) is 22.6. The van der Waals surface area contributed by atoms with Crippen molar-refractivity contribution in [2.45, 2.75) is 18.6 Å². The number of nitrogens with one attached hydrogen (secondary N) is 1. The van der Waals surface area contributed by atoms with E-state index in [0.29, 0.717) is 24.2 Å². The summed E-state index contributed by atoms with van der Waals surface area (Å²) in [6.45, 7) is 0.478. The van der Waals surface area contributed by atoms with E-state index in [-0.39, 0.29) is 36.1 Å². The van der Waals surface area contributed by atoms with Crippen LogP contribution in [-0.4, -0.2) is 43.8 Å². The molecule has 2 aromatic rings. The number of rotatable bonds is 7. The Morgan fingerprint density at radius 1 is 1.23 bits per heavy atom. The minimum Gasteiger partial charge on any atom is -0.495 e. The second kappa shape index (κ2) is 9.75. The fourth-order valence-electron chi connectivity index (χ4n) is 3.42. The second-order valence-electron chi connectivity index (χ2n) is 7.19. The molecule has 0 bridgehead atoms. The zero-order valence-corrected chi connectivity index (χ0v) is 19.2. The molecule has 1 fully saturated rings.